The molecule has 0 aromatic heterocycles. The fourth-order valence-electron chi connectivity index (χ4n) is 2.91. The lowest BCUT2D eigenvalue weighted by atomic mass is 10.0. The maximum Gasteiger partial charge on any atom is 0.331 e. The summed E-state index contributed by atoms with van der Waals surface area (Å²) in [6, 6.07) is 11.6. The van der Waals surface area contributed by atoms with Gasteiger partial charge in [0, 0.05) is 13.1 Å². The normalized spacial score (nSPS) is 18.9. The van der Waals surface area contributed by atoms with Crippen molar-refractivity contribution in [2.24, 2.45) is 0 Å². The molecule has 1 atom stereocenters. The van der Waals surface area contributed by atoms with Gasteiger partial charge in [0.1, 0.15) is 23.9 Å². The molecule has 164 valence electrons. The third-order valence-electron chi connectivity index (χ3n) is 4.79. The quantitative estimate of drug-likeness (QED) is 0.648. The molecule has 0 saturated carbocycles. The average molecular weight is 429 g/mol. The van der Waals surface area contributed by atoms with E-state index in [0.29, 0.717) is 12.3 Å². The highest BCUT2D eigenvalue weighted by molar-refractivity contribution is 6.21. The van der Waals surface area contributed by atoms with Crippen molar-refractivity contribution in [3.8, 4) is 11.5 Å². The van der Waals surface area contributed by atoms with Crippen LogP contribution in [0.2, 0.25) is 0 Å². The van der Waals surface area contributed by atoms with Gasteiger partial charge in [-0.3, -0.25) is 19.8 Å². The molecule has 1 aliphatic rings. The Morgan fingerprint density at radius 2 is 1.61 bits per heavy atom. The number of carbonyl (C=O) groups is 3. The smallest absolute Gasteiger partial charge is 0.331 e. The van der Waals surface area contributed by atoms with E-state index in [-0.39, 0.29) is 24.7 Å². The van der Waals surface area contributed by atoms with E-state index in [1.54, 1.807) is 36.4 Å². The molecule has 31 heavy (non-hydrogen) atoms. The zero-order valence-electron chi connectivity index (χ0n) is 17.6. The molecule has 3 rings (SSSR count). The van der Waals surface area contributed by atoms with Crippen LogP contribution < -0.4 is 14.8 Å². The highest BCUT2D eigenvalue weighted by Gasteiger charge is 2.52. The van der Waals surface area contributed by atoms with Gasteiger partial charge in [0.05, 0.1) is 0 Å². The molecule has 0 aliphatic carbocycles. The van der Waals surface area contributed by atoms with E-state index in [1.807, 2.05) is 19.0 Å². The van der Waals surface area contributed by atoms with E-state index in [4.69, 9.17) is 9.47 Å². The van der Waals surface area contributed by atoms with Gasteiger partial charge >= 0.3 is 6.03 Å². The lowest BCUT2D eigenvalue weighted by molar-refractivity contribution is -0.156. The predicted octanol–water partition coefficient (Wildman–Crippen LogP) is 2.18. The maximum atomic E-state index is 13.0. The van der Waals surface area contributed by atoms with Crippen molar-refractivity contribution >= 4 is 17.8 Å². The highest BCUT2D eigenvalue weighted by Crippen LogP contribution is 2.26. The van der Waals surface area contributed by atoms with E-state index < -0.39 is 23.4 Å². The number of urea groups is 1. The Hall–Kier alpha value is -3.46. The fraction of sp³-hybridized carbons (Fsp3) is 0.318. The molecule has 0 bridgehead atoms. The zero-order valence-corrected chi connectivity index (χ0v) is 17.6. The minimum absolute atomic E-state index is 0.125. The summed E-state index contributed by atoms with van der Waals surface area (Å²) < 4.78 is 24.3. The van der Waals surface area contributed by atoms with Crippen LogP contribution in [0.5, 0.6) is 11.5 Å². The number of ether oxygens (including phenoxy) is 2. The minimum Gasteiger partial charge on any atom is -0.489 e. The SMILES string of the molecule is CN(C)CCN1C(=O)NC(=O)C(C)(Oc2ccc(OCc3ccc(F)cc3)cc2)C1=O. The summed E-state index contributed by atoms with van der Waals surface area (Å²) in [5.74, 6) is -1.06. The Balaban J connectivity index is 1.66. The van der Waals surface area contributed by atoms with Crippen molar-refractivity contribution in [2.45, 2.75) is 19.1 Å². The van der Waals surface area contributed by atoms with Gasteiger partial charge in [-0.15, -0.1) is 0 Å². The molecule has 1 heterocycles. The second-order valence-corrected chi connectivity index (χ2v) is 7.54. The number of halogens is 1. The van der Waals surface area contributed by atoms with Crippen LogP contribution in [0.4, 0.5) is 9.18 Å². The molecule has 4 amide bonds. The van der Waals surface area contributed by atoms with Gasteiger partial charge in [-0.1, -0.05) is 12.1 Å². The monoisotopic (exact) mass is 429 g/mol. The Kier molecular flexibility index (Phi) is 6.55. The molecule has 1 aliphatic heterocycles. The van der Waals surface area contributed by atoms with E-state index in [0.717, 1.165) is 10.5 Å². The van der Waals surface area contributed by atoms with Crippen LogP contribution in [0.25, 0.3) is 0 Å². The van der Waals surface area contributed by atoms with Crippen LogP contribution in [-0.4, -0.2) is 60.4 Å². The molecule has 8 nitrogen and oxygen atoms in total. The van der Waals surface area contributed by atoms with Crippen LogP contribution >= 0.6 is 0 Å². The van der Waals surface area contributed by atoms with Gasteiger partial charge in [-0.25, -0.2) is 9.18 Å². The molecular weight excluding hydrogens is 405 g/mol. The number of rotatable bonds is 8. The number of imide groups is 2. The van der Waals surface area contributed by atoms with Crippen LogP contribution in [0.3, 0.4) is 0 Å². The zero-order chi connectivity index (χ0) is 22.6. The van der Waals surface area contributed by atoms with Crippen molar-refractivity contribution in [2.75, 3.05) is 27.2 Å². The van der Waals surface area contributed by atoms with Crippen molar-refractivity contribution in [1.29, 1.82) is 0 Å². The van der Waals surface area contributed by atoms with Gasteiger partial charge in [0.15, 0.2) is 0 Å². The molecule has 0 radical (unpaired) electrons. The summed E-state index contributed by atoms with van der Waals surface area (Å²) in [7, 11) is 3.62. The summed E-state index contributed by atoms with van der Waals surface area (Å²) in [6.45, 7) is 2.16. The first-order valence-corrected chi connectivity index (χ1v) is 9.67. The number of amides is 4. The molecule has 1 fully saturated rings. The van der Waals surface area contributed by atoms with Gasteiger partial charge < -0.3 is 14.4 Å². The number of carbonyl (C=O) groups excluding carboxylic acids is 3. The summed E-state index contributed by atoms with van der Waals surface area (Å²) in [4.78, 5) is 40.2. The van der Waals surface area contributed by atoms with Crippen LogP contribution in [0, 0.1) is 5.82 Å². The fourth-order valence-corrected chi connectivity index (χ4v) is 2.91. The Labute approximate surface area is 179 Å². The maximum absolute atomic E-state index is 13.0. The van der Waals surface area contributed by atoms with E-state index in [2.05, 4.69) is 5.32 Å². The predicted molar refractivity (Wildman–Crippen MR) is 110 cm³/mol. The van der Waals surface area contributed by atoms with Crippen molar-refractivity contribution in [3.63, 3.8) is 0 Å². The molecule has 1 saturated heterocycles. The van der Waals surface area contributed by atoms with Gasteiger partial charge in [0.2, 0.25) is 0 Å². The first-order chi connectivity index (χ1) is 14.7. The topological polar surface area (TPSA) is 88.2 Å². The molecule has 1 N–H and O–H groups in total. The number of nitrogens with one attached hydrogen (secondary N) is 1. The molecule has 9 heteroatoms. The standard InChI is InChI=1S/C22H24FN3O5/c1-22(19(27)24-21(29)26(20(22)28)13-12-25(2)3)31-18-10-8-17(9-11-18)30-14-15-4-6-16(23)7-5-15/h4-11H,12-14H2,1-3H3,(H,24,27,29). The van der Waals surface area contributed by atoms with E-state index in [1.165, 1.54) is 19.1 Å². The minimum atomic E-state index is -1.88. The molecule has 2 aromatic rings. The second kappa shape index (κ2) is 9.13. The highest BCUT2D eigenvalue weighted by atomic mass is 19.1. The van der Waals surface area contributed by atoms with Gasteiger partial charge in [-0.2, -0.15) is 0 Å². The summed E-state index contributed by atoms with van der Waals surface area (Å²) in [6.07, 6.45) is 0. The summed E-state index contributed by atoms with van der Waals surface area (Å²) in [5.41, 5.74) is -1.07. The lowest BCUT2D eigenvalue weighted by Crippen LogP contribution is -2.69. The molecule has 1 unspecified atom stereocenters. The summed E-state index contributed by atoms with van der Waals surface area (Å²) >= 11 is 0. The third-order valence-corrected chi connectivity index (χ3v) is 4.79. The number of barbiturate groups is 1. The molecular formula is C22H24FN3O5. The first-order valence-electron chi connectivity index (χ1n) is 9.67. The van der Waals surface area contributed by atoms with Crippen molar-refractivity contribution in [1.82, 2.24) is 15.1 Å². The van der Waals surface area contributed by atoms with Crippen LogP contribution in [-0.2, 0) is 16.2 Å². The number of nitrogens with zero attached hydrogens (tertiary/aromatic N) is 2. The molecule has 2 aromatic carbocycles. The van der Waals surface area contributed by atoms with Crippen LogP contribution in [0.15, 0.2) is 48.5 Å². The van der Waals surface area contributed by atoms with Crippen LogP contribution in [0.1, 0.15) is 12.5 Å². The lowest BCUT2D eigenvalue weighted by Gasteiger charge is -2.37. The Morgan fingerprint density at radius 1 is 1.00 bits per heavy atom. The van der Waals surface area contributed by atoms with E-state index in [9.17, 15) is 18.8 Å². The first kappa shape index (κ1) is 22.2. The second-order valence-electron chi connectivity index (χ2n) is 7.54. The number of hydrogen-bond donors (Lipinski definition) is 1. The van der Waals surface area contributed by atoms with Gasteiger partial charge in [0.25, 0.3) is 17.4 Å². The third kappa shape index (κ3) is 5.18. The summed E-state index contributed by atoms with van der Waals surface area (Å²) in [5, 5.41) is 2.18. The Morgan fingerprint density at radius 3 is 2.23 bits per heavy atom. The number of benzene rings is 2. The van der Waals surface area contributed by atoms with Crippen molar-refractivity contribution < 1.29 is 28.2 Å². The van der Waals surface area contributed by atoms with E-state index >= 15 is 0 Å². The number of hydrogen-bond acceptors (Lipinski definition) is 6. The average Bonchev–Trinajstić information content (AvgIpc) is 2.73. The van der Waals surface area contributed by atoms with Crippen molar-refractivity contribution in [3.05, 3.63) is 59.9 Å². The largest absolute Gasteiger partial charge is 0.489 e. The number of likely N-dealkylation sites (N-methyl/N-ethyl adjacent to an activating group) is 1. The van der Waals surface area contributed by atoms with Gasteiger partial charge in [-0.05, 0) is 63.0 Å². The Bertz CT molecular complexity index is 962. The molecule has 0 spiro atoms.